The molecule has 162 valence electrons. The van der Waals surface area contributed by atoms with Gasteiger partial charge in [0.2, 0.25) is 5.91 Å². The van der Waals surface area contributed by atoms with Gasteiger partial charge in [-0.2, -0.15) is 0 Å². The zero-order chi connectivity index (χ0) is 22.3. The van der Waals surface area contributed by atoms with Gasteiger partial charge in [-0.3, -0.25) is 9.69 Å². The minimum absolute atomic E-state index is 0.0622. The van der Waals surface area contributed by atoms with Gasteiger partial charge in [0, 0.05) is 48.5 Å². The van der Waals surface area contributed by atoms with Crippen LogP contribution in [-0.4, -0.2) is 40.9 Å². The van der Waals surface area contributed by atoms with Crippen molar-refractivity contribution in [3.63, 3.8) is 0 Å². The normalized spacial score (nSPS) is 21.6. The molecule has 1 fully saturated rings. The van der Waals surface area contributed by atoms with Gasteiger partial charge in [-0.15, -0.1) is 0 Å². The van der Waals surface area contributed by atoms with Gasteiger partial charge >= 0.3 is 0 Å². The van der Waals surface area contributed by atoms with E-state index in [9.17, 15) is 9.18 Å². The van der Waals surface area contributed by atoms with Crippen molar-refractivity contribution in [1.29, 1.82) is 0 Å². The third-order valence-corrected chi connectivity index (χ3v) is 5.68. The molecule has 2 rings (SSSR count). The van der Waals surface area contributed by atoms with Crippen LogP contribution in [0, 0.1) is 5.82 Å². The SMILES string of the molecule is C=CC(/C=C/C(=O)N1CC(C)N(Cc2ccc(F)cc2)C(C)C1)=C(N)\C=C(\Cl)CC. The van der Waals surface area contributed by atoms with Crippen LogP contribution in [0.2, 0.25) is 0 Å². The van der Waals surface area contributed by atoms with E-state index in [1.165, 1.54) is 18.2 Å². The molecule has 0 radical (unpaired) electrons. The molecule has 2 N–H and O–H groups in total. The minimum Gasteiger partial charge on any atom is -0.398 e. The Kier molecular flexibility index (Phi) is 8.88. The zero-order valence-electron chi connectivity index (χ0n) is 17.9. The lowest BCUT2D eigenvalue weighted by molar-refractivity contribution is -0.130. The highest BCUT2D eigenvalue weighted by molar-refractivity contribution is 6.29. The maximum atomic E-state index is 13.2. The van der Waals surface area contributed by atoms with E-state index in [-0.39, 0.29) is 23.8 Å². The predicted molar refractivity (Wildman–Crippen MR) is 122 cm³/mol. The summed E-state index contributed by atoms with van der Waals surface area (Å²) in [6.07, 6.45) is 7.20. The average molecular weight is 432 g/mol. The van der Waals surface area contributed by atoms with Crippen LogP contribution in [0.5, 0.6) is 0 Å². The first kappa shape index (κ1) is 23.9. The van der Waals surface area contributed by atoms with Crippen molar-refractivity contribution in [2.24, 2.45) is 5.73 Å². The molecule has 1 saturated heterocycles. The van der Waals surface area contributed by atoms with Crippen LogP contribution < -0.4 is 5.73 Å². The highest BCUT2D eigenvalue weighted by Gasteiger charge is 2.31. The summed E-state index contributed by atoms with van der Waals surface area (Å²) < 4.78 is 13.2. The third-order valence-electron chi connectivity index (χ3n) is 5.30. The first-order valence-electron chi connectivity index (χ1n) is 10.2. The predicted octanol–water partition coefficient (Wildman–Crippen LogP) is 4.73. The van der Waals surface area contributed by atoms with Crippen molar-refractivity contribution in [3.8, 4) is 0 Å². The molecular weight excluding hydrogens is 401 g/mol. The van der Waals surface area contributed by atoms with Gasteiger partial charge in [0.05, 0.1) is 0 Å². The Morgan fingerprint density at radius 1 is 1.23 bits per heavy atom. The number of allylic oxidation sites excluding steroid dienone is 5. The number of rotatable bonds is 7. The summed E-state index contributed by atoms with van der Waals surface area (Å²) in [6.45, 7) is 11.9. The minimum atomic E-state index is -0.233. The first-order valence-corrected chi connectivity index (χ1v) is 10.6. The lowest BCUT2D eigenvalue weighted by Crippen LogP contribution is -2.57. The Morgan fingerprint density at radius 3 is 2.37 bits per heavy atom. The van der Waals surface area contributed by atoms with Crippen molar-refractivity contribution in [2.75, 3.05) is 13.1 Å². The molecule has 1 aromatic carbocycles. The first-order chi connectivity index (χ1) is 14.2. The number of benzene rings is 1. The molecular formula is C24H31ClFN3O. The van der Waals surface area contributed by atoms with Gasteiger partial charge in [-0.05, 0) is 55.7 Å². The number of hydrogen-bond acceptors (Lipinski definition) is 3. The second-order valence-corrected chi connectivity index (χ2v) is 8.12. The Balaban J connectivity index is 2.04. The molecule has 0 aliphatic carbocycles. The second kappa shape index (κ2) is 11.1. The summed E-state index contributed by atoms with van der Waals surface area (Å²) in [5.41, 5.74) is 8.25. The van der Waals surface area contributed by atoms with Crippen molar-refractivity contribution < 1.29 is 9.18 Å². The summed E-state index contributed by atoms with van der Waals surface area (Å²) >= 11 is 6.05. The van der Waals surface area contributed by atoms with Gasteiger partial charge < -0.3 is 10.6 Å². The van der Waals surface area contributed by atoms with Crippen LogP contribution in [0.1, 0.15) is 32.8 Å². The van der Waals surface area contributed by atoms with E-state index in [0.717, 1.165) is 12.1 Å². The van der Waals surface area contributed by atoms with E-state index in [0.29, 0.717) is 35.8 Å². The molecule has 1 aliphatic heterocycles. The monoisotopic (exact) mass is 431 g/mol. The molecule has 2 unspecified atom stereocenters. The standard InChI is InChI=1S/C24H31ClFN3O/c1-5-20(23(27)13-21(25)6-2)9-12-24(30)28-14-17(3)29(18(4)15-28)16-19-7-10-22(26)11-8-19/h5,7-13,17-18H,1,6,14-16,27H2,2-4H3/b12-9+,21-13+,23-20-. The smallest absolute Gasteiger partial charge is 0.246 e. The van der Waals surface area contributed by atoms with Crippen LogP contribution >= 0.6 is 11.6 Å². The Morgan fingerprint density at radius 2 is 1.83 bits per heavy atom. The summed E-state index contributed by atoms with van der Waals surface area (Å²) in [5.74, 6) is -0.295. The molecule has 1 heterocycles. The molecule has 0 aromatic heterocycles. The molecule has 1 aliphatic rings. The molecule has 1 aromatic rings. The zero-order valence-corrected chi connectivity index (χ0v) is 18.7. The Labute approximate surface area is 184 Å². The lowest BCUT2D eigenvalue weighted by atomic mass is 10.1. The fourth-order valence-electron chi connectivity index (χ4n) is 3.55. The molecule has 1 amide bonds. The number of halogens is 2. The van der Waals surface area contributed by atoms with Gasteiger partial charge in [0.15, 0.2) is 0 Å². The van der Waals surface area contributed by atoms with Crippen molar-refractivity contribution >= 4 is 17.5 Å². The Hall–Kier alpha value is -2.37. The summed E-state index contributed by atoms with van der Waals surface area (Å²) in [7, 11) is 0. The highest BCUT2D eigenvalue weighted by Crippen LogP contribution is 2.20. The van der Waals surface area contributed by atoms with E-state index >= 15 is 0 Å². The van der Waals surface area contributed by atoms with Crippen LogP contribution in [0.15, 0.2) is 71.5 Å². The number of piperazine rings is 1. The lowest BCUT2D eigenvalue weighted by Gasteiger charge is -2.44. The second-order valence-electron chi connectivity index (χ2n) is 7.63. The number of amides is 1. The number of carbonyl (C=O) groups is 1. The van der Waals surface area contributed by atoms with E-state index in [1.54, 1.807) is 18.2 Å². The number of carbonyl (C=O) groups excluding carboxylic acids is 1. The van der Waals surface area contributed by atoms with Gasteiger partial charge in [0.25, 0.3) is 0 Å². The van der Waals surface area contributed by atoms with E-state index in [4.69, 9.17) is 17.3 Å². The summed E-state index contributed by atoms with van der Waals surface area (Å²) in [4.78, 5) is 16.9. The quantitative estimate of drug-likeness (QED) is 0.501. The van der Waals surface area contributed by atoms with Gasteiger partial charge in [-0.25, -0.2) is 4.39 Å². The van der Waals surface area contributed by atoms with Crippen LogP contribution in [-0.2, 0) is 11.3 Å². The maximum absolute atomic E-state index is 13.2. The van der Waals surface area contributed by atoms with Crippen molar-refractivity contribution in [3.05, 3.63) is 82.8 Å². The molecule has 6 heteroatoms. The van der Waals surface area contributed by atoms with Crippen LogP contribution in [0.4, 0.5) is 4.39 Å². The Bertz CT molecular complexity index is 833. The molecule has 4 nitrogen and oxygen atoms in total. The molecule has 0 bridgehead atoms. The number of nitrogens with two attached hydrogens (primary N) is 1. The van der Waals surface area contributed by atoms with Crippen molar-refractivity contribution in [1.82, 2.24) is 9.80 Å². The van der Waals surface area contributed by atoms with Gasteiger partial charge in [-0.1, -0.05) is 43.3 Å². The third kappa shape index (κ3) is 6.57. The molecule has 0 spiro atoms. The highest BCUT2D eigenvalue weighted by atomic mass is 35.5. The van der Waals surface area contributed by atoms with Crippen LogP contribution in [0.3, 0.4) is 0 Å². The van der Waals surface area contributed by atoms with E-state index < -0.39 is 0 Å². The molecule has 2 atom stereocenters. The molecule has 0 saturated carbocycles. The average Bonchev–Trinajstić information content (AvgIpc) is 2.72. The number of hydrogen-bond donors (Lipinski definition) is 1. The largest absolute Gasteiger partial charge is 0.398 e. The number of nitrogens with zero attached hydrogens (tertiary/aromatic N) is 2. The molecule has 30 heavy (non-hydrogen) atoms. The topological polar surface area (TPSA) is 49.6 Å². The van der Waals surface area contributed by atoms with E-state index in [2.05, 4.69) is 25.3 Å². The van der Waals surface area contributed by atoms with Crippen molar-refractivity contribution in [2.45, 2.75) is 45.8 Å². The fourth-order valence-corrected chi connectivity index (χ4v) is 3.67. The fraction of sp³-hybridized carbons (Fsp3) is 0.375. The maximum Gasteiger partial charge on any atom is 0.246 e. The summed E-state index contributed by atoms with van der Waals surface area (Å²) in [5, 5.41) is 0.645. The van der Waals surface area contributed by atoms with Gasteiger partial charge in [0.1, 0.15) is 5.82 Å². The summed E-state index contributed by atoms with van der Waals surface area (Å²) in [6, 6.07) is 6.94. The van der Waals surface area contributed by atoms with E-state index in [1.807, 2.05) is 24.0 Å². The van der Waals surface area contributed by atoms with Crippen LogP contribution in [0.25, 0.3) is 0 Å².